The average molecular weight is 270 g/mol. The fourth-order valence-electron chi connectivity index (χ4n) is 2.71. The van der Waals surface area contributed by atoms with E-state index in [0.717, 1.165) is 36.9 Å². The third-order valence-corrected chi connectivity index (χ3v) is 4.26. The van der Waals surface area contributed by atoms with Gasteiger partial charge in [0.1, 0.15) is 10.9 Å². The van der Waals surface area contributed by atoms with Gasteiger partial charge in [-0.1, -0.05) is 18.0 Å². The molecule has 0 amide bonds. The highest BCUT2D eigenvalue weighted by Gasteiger charge is 2.26. The highest BCUT2D eigenvalue weighted by molar-refractivity contribution is 6.30. The summed E-state index contributed by atoms with van der Waals surface area (Å²) in [5.74, 6) is 0.354. The number of Topliss-reactive ketones (excluding diaryl/α,β-unsaturated/α-hetero) is 1. The Morgan fingerprint density at radius 3 is 2.83 bits per heavy atom. The molecule has 1 heterocycles. The van der Waals surface area contributed by atoms with Crippen molar-refractivity contribution in [2.75, 3.05) is 0 Å². The number of nitrogens with two attached hydrogens (primary N) is 1. The van der Waals surface area contributed by atoms with Crippen LogP contribution < -0.4 is 5.73 Å². The van der Waals surface area contributed by atoms with E-state index in [-0.39, 0.29) is 17.7 Å². The van der Waals surface area contributed by atoms with Gasteiger partial charge in [0.05, 0.1) is 5.69 Å². The summed E-state index contributed by atoms with van der Waals surface area (Å²) in [5.41, 5.74) is 7.63. The molecule has 0 aromatic carbocycles. The number of hydrogen-bond donors (Lipinski definition) is 1. The summed E-state index contributed by atoms with van der Waals surface area (Å²) in [4.78, 5) is 12.3. The first-order valence-electron chi connectivity index (χ1n) is 6.45. The van der Waals surface area contributed by atoms with Crippen LogP contribution in [0, 0.1) is 12.8 Å². The van der Waals surface area contributed by atoms with E-state index in [0.29, 0.717) is 11.6 Å². The molecule has 5 heteroatoms. The Kier molecular flexibility index (Phi) is 4.07. The van der Waals surface area contributed by atoms with Crippen molar-refractivity contribution in [2.45, 2.75) is 45.1 Å². The van der Waals surface area contributed by atoms with Gasteiger partial charge in [-0.2, -0.15) is 5.10 Å². The van der Waals surface area contributed by atoms with Crippen LogP contribution in [0.5, 0.6) is 0 Å². The third kappa shape index (κ3) is 2.75. The van der Waals surface area contributed by atoms with E-state index in [1.165, 1.54) is 0 Å². The second kappa shape index (κ2) is 5.41. The molecule has 1 fully saturated rings. The van der Waals surface area contributed by atoms with E-state index in [9.17, 15) is 4.79 Å². The predicted molar refractivity (Wildman–Crippen MR) is 71.6 cm³/mol. The molecular formula is C13H20ClN3O. The topological polar surface area (TPSA) is 60.9 Å². The molecule has 4 nitrogen and oxygen atoms in total. The van der Waals surface area contributed by atoms with Crippen molar-refractivity contribution >= 4 is 17.4 Å². The maximum absolute atomic E-state index is 12.3. The summed E-state index contributed by atoms with van der Waals surface area (Å²) in [6.07, 6.45) is 4.25. The van der Waals surface area contributed by atoms with Crippen molar-refractivity contribution in [3.8, 4) is 0 Å². The van der Waals surface area contributed by atoms with E-state index >= 15 is 0 Å². The maximum Gasteiger partial charge on any atom is 0.140 e. The Hall–Kier alpha value is -0.870. The van der Waals surface area contributed by atoms with Crippen LogP contribution in [0.2, 0.25) is 5.15 Å². The number of carbonyl (C=O) groups excluding carboxylic acids is 1. The minimum Gasteiger partial charge on any atom is -0.328 e. The van der Waals surface area contributed by atoms with Gasteiger partial charge in [0.15, 0.2) is 0 Å². The summed E-state index contributed by atoms with van der Waals surface area (Å²) in [6, 6.07) is 0.179. The number of rotatable bonds is 3. The number of carbonyl (C=O) groups is 1. The van der Waals surface area contributed by atoms with Gasteiger partial charge in [-0.25, -0.2) is 0 Å². The molecule has 2 N–H and O–H groups in total. The van der Waals surface area contributed by atoms with Gasteiger partial charge < -0.3 is 5.73 Å². The second-order valence-corrected chi connectivity index (χ2v) is 5.60. The molecule has 2 rings (SSSR count). The molecule has 1 aromatic rings. The fraction of sp³-hybridized carbons (Fsp3) is 0.692. The van der Waals surface area contributed by atoms with Crippen LogP contribution in [0.15, 0.2) is 0 Å². The lowest BCUT2D eigenvalue weighted by Gasteiger charge is -2.25. The van der Waals surface area contributed by atoms with E-state index in [1.807, 2.05) is 6.92 Å². The quantitative estimate of drug-likeness (QED) is 0.913. The molecule has 0 radical (unpaired) electrons. The van der Waals surface area contributed by atoms with Crippen LogP contribution >= 0.6 is 11.6 Å². The van der Waals surface area contributed by atoms with E-state index in [1.54, 1.807) is 11.7 Å². The van der Waals surface area contributed by atoms with Crippen LogP contribution in [0.3, 0.4) is 0 Å². The first-order valence-corrected chi connectivity index (χ1v) is 6.83. The molecule has 1 aromatic heterocycles. The molecule has 0 bridgehead atoms. The van der Waals surface area contributed by atoms with Crippen molar-refractivity contribution in [3.05, 3.63) is 16.4 Å². The van der Waals surface area contributed by atoms with Crippen molar-refractivity contribution in [2.24, 2.45) is 18.7 Å². The SMILES string of the molecule is Cc1nn(C)c(Cl)c1CC(=O)C1CCCC(N)C1. The Morgan fingerprint density at radius 2 is 2.28 bits per heavy atom. The molecule has 2 unspecified atom stereocenters. The van der Waals surface area contributed by atoms with Gasteiger partial charge in [-0.15, -0.1) is 0 Å². The summed E-state index contributed by atoms with van der Waals surface area (Å²) in [5, 5.41) is 4.80. The van der Waals surface area contributed by atoms with Crippen molar-refractivity contribution in [3.63, 3.8) is 0 Å². The van der Waals surface area contributed by atoms with Gasteiger partial charge >= 0.3 is 0 Å². The molecular weight excluding hydrogens is 250 g/mol. The van der Waals surface area contributed by atoms with Gasteiger partial charge in [0, 0.05) is 31.0 Å². The zero-order chi connectivity index (χ0) is 13.3. The highest BCUT2D eigenvalue weighted by atomic mass is 35.5. The Bertz CT molecular complexity index is 455. The minimum atomic E-state index is 0.101. The normalized spacial score (nSPS) is 24.2. The number of hydrogen-bond acceptors (Lipinski definition) is 3. The molecule has 0 aliphatic heterocycles. The van der Waals surface area contributed by atoms with Gasteiger partial charge in [0.25, 0.3) is 0 Å². The number of nitrogens with zero attached hydrogens (tertiary/aromatic N) is 2. The Balaban J connectivity index is 2.06. The lowest BCUT2D eigenvalue weighted by molar-refractivity contribution is -0.123. The molecule has 0 saturated heterocycles. The zero-order valence-corrected chi connectivity index (χ0v) is 11.7. The van der Waals surface area contributed by atoms with E-state index < -0.39 is 0 Å². The molecule has 1 aliphatic carbocycles. The molecule has 1 aliphatic rings. The Morgan fingerprint density at radius 1 is 1.56 bits per heavy atom. The number of ketones is 1. The predicted octanol–water partition coefficient (Wildman–Crippen LogP) is 2.01. The van der Waals surface area contributed by atoms with Gasteiger partial charge in [-0.3, -0.25) is 9.48 Å². The van der Waals surface area contributed by atoms with Crippen molar-refractivity contribution in [1.29, 1.82) is 0 Å². The van der Waals surface area contributed by atoms with E-state index in [2.05, 4.69) is 5.10 Å². The summed E-state index contributed by atoms with van der Waals surface area (Å²) in [6.45, 7) is 1.89. The smallest absolute Gasteiger partial charge is 0.140 e. The Labute approximate surface area is 112 Å². The summed E-state index contributed by atoms with van der Waals surface area (Å²) < 4.78 is 1.62. The fourth-order valence-corrected chi connectivity index (χ4v) is 2.95. The standard InChI is InChI=1S/C13H20ClN3O/c1-8-11(13(14)17(2)16-8)7-12(18)9-4-3-5-10(15)6-9/h9-10H,3-7,15H2,1-2H3. The lowest BCUT2D eigenvalue weighted by atomic mass is 9.82. The number of aromatic nitrogens is 2. The first kappa shape index (κ1) is 13.6. The highest BCUT2D eigenvalue weighted by Crippen LogP contribution is 2.27. The molecule has 0 spiro atoms. The molecule has 18 heavy (non-hydrogen) atoms. The molecule has 100 valence electrons. The van der Waals surface area contributed by atoms with Crippen molar-refractivity contribution in [1.82, 2.24) is 9.78 Å². The van der Waals surface area contributed by atoms with Crippen LogP contribution in [0.1, 0.15) is 36.9 Å². The molecule has 1 saturated carbocycles. The lowest BCUT2D eigenvalue weighted by Crippen LogP contribution is -2.32. The maximum atomic E-state index is 12.3. The average Bonchev–Trinajstić information content (AvgIpc) is 2.56. The van der Waals surface area contributed by atoms with Crippen LogP contribution in [0.4, 0.5) is 0 Å². The van der Waals surface area contributed by atoms with Gasteiger partial charge in [0.2, 0.25) is 0 Å². The third-order valence-electron chi connectivity index (χ3n) is 3.79. The van der Waals surface area contributed by atoms with Gasteiger partial charge in [-0.05, 0) is 26.2 Å². The largest absolute Gasteiger partial charge is 0.328 e. The number of aryl methyl sites for hydroxylation is 2. The zero-order valence-electron chi connectivity index (χ0n) is 10.9. The molecule has 2 atom stereocenters. The first-order chi connectivity index (χ1) is 8.49. The monoisotopic (exact) mass is 269 g/mol. The van der Waals surface area contributed by atoms with E-state index in [4.69, 9.17) is 17.3 Å². The number of halogens is 1. The summed E-state index contributed by atoms with van der Waals surface area (Å²) in [7, 11) is 1.79. The van der Waals surface area contributed by atoms with Crippen LogP contribution in [-0.2, 0) is 18.3 Å². The van der Waals surface area contributed by atoms with Crippen LogP contribution in [-0.4, -0.2) is 21.6 Å². The minimum absolute atomic E-state index is 0.101. The van der Waals surface area contributed by atoms with Crippen LogP contribution in [0.25, 0.3) is 0 Å². The second-order valence-electron chi connectivity index (χ2n) is 5.25. The summed E-state index contributed by atoms with van der Waals surface area (Å²) >= 11 is 6.15. The van der Waals surface area contributed by atoms with Crippen molar-refractivity contribution < 1.29 is 4.79 Å².